The van der Waals surface area contributed by atoms with E-state index in [9.17, 15) is 5.11 Å². The minimum absolute atomic E-state index is 0.224. The van der Waals surface area contributed by atoms with Gasteiger partial charge in [-0.3, -0.25) is 0 Å². The van der Waals surface area contributed by atoms with E-state index in [1.54, 1.807) is 0 Å². The second-order valence-corrected chi connectivity index (χ2v) is 5.09. The fourth-order valence-electron chi connectivity index (χ4n) is 2.13. The van der Waals surface area contributed by atoms with E-state index in [1.807, 2.05) is 6.07 Å². The number of aryl methyl sites for hydroxylation is 1. The second kappa shape index (κ2) is 3.33. The molecule has 2 rings (SSSR count). The molecule has 0 saturated heterocycles. The summed E-state index contributed by atoms with van der Waals surface area (Å²) in [6, 6.07) is 6.12. The Morgan fingerprint density at radius 3 is 2.71 bits per heavy atom. The summed E-state index contributed by atoms with van der Waals surface area (Å²) in [5, 5.41) is 9.31. The topological polar surface area (TPSA) is 46.2 Å². The Bertz CT molecular complexity index is 358. The van der Waals surface area contributed by atoms with Crippen molar-refractivity contribution in [2.24, 2.45) is 5.73 Å². The van der Waals surface area contributed by atoms with Crippen LogP contribution in [0.1, 0.15) is 24.0 Å². The van der Waals surface area contributed by atoms with Crippen LogP contribution in [-0.2, 0) is 5.54 Å². The van der Waals surface area contributed by atoms with Crippen molar-refractivity contribution < 1.29 is 5.11 Å². The van der Waals surface area contributed by atoms with Crippen molar-refractivity contribution in [1.29, 1.82) is 0 Å². The molecule has 1 saturated carbocycles. The molecule has 3 N–H and O–H groups in total. The van der Waals surface area contributed by atoms with Crippen LogP contribution in [0, 0.1) is 6.92 Å². The lowest BCUT2D eigenvalue weighted by Gasteiger charge is -2.43. The Morgan fingerprint density at radius 2 is 2.14 bits per heavy atom. The third-order valence-electron chi connectivity index (χ3n) is 2.94. The monoisotopic (exact) mass is 255 g/mol. The first kappa shape index (κ1) is 10.1. The molecule has 3 heteroatoms. The highest BCUT2D eigenvalue weighted by Crippen LogP contribution is 2.41. The van der Waals surface area contributed by atoms with Crippen LogP contribution in [-0.4, -0.2) is 11.2 Å². The molecular weight excluding hydrogens is 242 g/mol. The molecule has 2 nitrogen and oxygen atoms in total. The number of aliphatic hydroxyl groups excluding tert-OH is 1. The molecule has 0 heterocycles. The fourth-order valence-corrected chi connectivity index (χ4v) is 2.49. The first-order valence-electron chi connectivity index (χ1n) is 4.75. The molecule has 0 unspecified atom stereocenters. The summed E-state index contributed by atoms with van der Waals surface area (Å²) in [4.78, 5) is 0. The van der Waals surface area contributed by atoms with Crippen molar-refractivity contribution in [3.05, 3.63) is 33.8 Å². The van der Waals surface area contributed by atoms with Crippen molar-refractivity contribution in [2.45, 2.75) is 31.4 Å². The van der Waals surface area contributed by atoms with Crippen LogP contribution in [0.3, 0.4) is 0 Å². The number of hydrogen-bond donors (Lipinski definition) is 2. The van der Waals surface area contributed by atoms with Gasteiger partial charge in [0.25, 0.3) is 0 Å². The zero-order valence-electron chi connectivity index (χ0n) is 8.13. The first-order valence-corrected chi connectivity index (χ1v) is 5.54. The summed E-state index contributed by atoms with van der Waals surface area (Å²) >= 11 is 3.44. The smallest absolute Gasteiger partial charge is 0.0582 e. The minimum Gasteiger partial charge on any atom is -0.393 e. The van der Waals surface area contributed by atoms with Crippen molar-refractivity contribution in [1.82, 2.24) is 0 Å². The SMILES string of the molecule is Cc1ccc(Br)cc1C1(N)CC(O)C1. The van der Waals surface area contributed by atoms with Crippen molar-refractivity contribution in [3.63, 3.8) is 0 Å². The van der Waals surface area contributed by atoms with E-state index >= 15 is 0 Å². The molecule has 0 radical (unpaired) electrons. The van der Waals surface area contributed by atoms with Crippen LogP contribution < -0.4 is 5.73 Å². The van der Waals surface area contributed by atoms with Gasteiger partial charge in [-0.25, -0.2) is 0 Å². The summed E-state index contributed by atoms with van der Waals surface area (Å²) in [5.74, 6) is 0. The van der Waals surface area contributed by atoms with E-state index in [2.05, 4.69) is 35.0 Å². The van der Waals surface area contributed by atoms with Crippen molar-refractivity contribution in [3.8, 4) is 0 Å². The van der Waals surface area contributed by atoms with Crippen LogP contribution in [0.5, 0.6) is 0 Å². The summed E-state index contributed by atoms with van der Waals surface area (Å²) < 4.78 is 1.05. The average Bonchev–Trinajstić information content (AvgIpc) is 2.07. The molecule has 0 aliphatic heterocycles. The Morgan fingerprint density at radius 1 is 1.50 bits per heavy atom. The third-order valence-corrected chi connectivity index (χ3v) is 3.43. The van der Waals surface area contributed by atoms with Gasteiger partial charge in [0.1, 0.15) is 0 Å². The summed E-state index contributed by atoms with van der Waals surface area (Å²) in [5.41, 5.74) is 8.24. The summed E-state index contributed by atoms with van der Waals surface area (Å²) in [6.45, 7) is 2.06. The number of hydrogen-bond acceptors (Lipinski definition) is 2. The van der Waals surface area contributed by atoms with Crippen LogP contribution in [0.25, 0.3) is 0 Å². The molecule has 0 bridgehead atoms. The van der Waals surface area contributed by atoms with Crippen molar-refractivity contribution >= 4 is 15.9 Å². The van der Waals surface area contributed by atoms with Crippen molar-refractivity contribution in [2.75, 3.05) is 0 Å². The summed E-state index contributed by atoms with van der Waals surface area (Å²) in [6.07, 6.45) is 1.12. The van der Waals surface area contributed by atoms with E-state index < -0.39 is 0 Å². The number of aliphatic hydroxyl groups is 1. The molecule has 14 heavy (non-hydrogen) atoms. The predicted molar refractivity (Wildman–Crippen MR) is 60.0 cm³/mol. The molecule has 1 aromatic carbocycles. The standard InChI is InChI=1S/C11H14BrNO/c1-7-2-3-8(12)4-10(7)11(13)5-9(14)6-11/h2-4,9,14H,5-6,13H2,1H3. The van der Waals surface area contributed by atoms with E-state index in [1.165, 1.54) is 5.56 Å². The van der Waals surface area contributed by atoms with E-state index in [0.717, 1.165) is 10.0 Å². The highest BCUT2D eigenvalue weighted by Gasteiger charge is 2.42. The summed E-state index contributed by atoms with van der Waals surface area (Å²) in [7, 11) is 0. The van der Waals surface area contributed by atoms with Gasteiger partial charge in [0.05, 0.1) is 6.10 Å². The van der Waals surface area contributed by atoms with E-state index in [0.29, 0.717) is 12.8 Å². The largest absolute Gasteiger partial charge is 0.393 e. The molecule has 0 spiro atoms. The third kappa shape index (κ3) is 1.60. The van der Waals surface area contributed by atoms with Gasteiger partial charge in [0.15, 0.2) is 0 Å². The Hall–Kier alpha value is -0.380. The van der Waals surface area contributed by atoms with Crippen LogP contribution in [0.15, 0.2) is 22.7 Å². The predicted octanol–water partition coefficient (Wildman–Crippen LogP) is 2.07. The van der Waals surface area contributed by atoms with Crippen LogP contribution in [0.2, 0.25) is 0 Å². The maximum absolute atomic E-state index is 9.31. The van der Waals surface area contributed by atoms with Gasteiger partial charge < -0.3 is 10.8 Å². The van der Waals surface area contributed by atoms with Gasteiger partial charge >= 0.3 is 0 Å². The van der Waals surface area contributed by atoms with Crippen LogP contribution >= 0.6 is 15.9 Å². The first-order chi connectivity index (χ1) is 6.51. The maximum Gasteiger partial charge on any atom is 0.0582 e. The maximum atomic E-state index is 9.31. The molecule has 76 valence electrons. The van der Waals surface area contributed by atoms with Gasteiger partial charge in [-0.05, 0) is 43.0 Å². The fraction of sp³-hybridized carbons (Fsp3) is 0.455. The highest BCUT2D eigenvalue weighted by molar-refractivity contribution is 9.10. The Labute approximate surface area is 92.3 Å². The lowest BCUT2D eigenvalue weighted by molar-refractivity contribution is 0.0206. The number of benzene rings is 1. The van der Waals surface area contributed by atoms with Gasteiger partial charge in [0, 0.05) is 10.0 Å². The zero-order valence-corrected chi connectivity index (χ0v) is 9.71. The van der Waals surface area contributed by atoms with Gasteiger partial charge in [0.2, 0.25) is 0 Å². The molecule has 1 aromatic rings. The molecule has 0 amide bonds. The molecule has 1 fully saturated rings. The molecule has 1 aliphatic rings. The van der Waals surface area contributed by atoms with Crippen LogP contribution in [0.4, 0.5) is 0 Å². The van der Waals surface area contributed by atoms with E-state index in [-0.39, 0.29) is 11.6 Å². The molecular formula is C11H14BrNO. The second-order valence-electron chi connectivity index (χ2n) is 4.18. The number of halogens is 1. The lowest BCUT2D eigenvalue weighted by Crippen LogP contribution is -2.52. The Balaban J connectivity index is 2.36. The lowest BCUT2D eigenvalue weighted by atomic mass is 9.69. The molecule has 0 atom stereocenters. The molecule has 0 aromatic heterocycles. The zero-order chi connectivity index (χ0) is 10.3. The number of rotatable bonds is 1. The quantitative estimate of drug-likeness (QED) is 0.807. The van der Waals surface area contributed by atoms with E-state index in [4.69, 9.17) is 5.73 Å². The normalized spacial score (nSPS) is 31.3. The highest BCUT2D eigenvalue weighted by atomic mass is 79.9. The minimum atomic E-state index is -0.312. The Kier molecular flexibility index (Phi) is 2.41. The average molecular weight is 256 g/mol. The van der Waals surface area contributed by atoms with Gasteiger partial charge in [-0.1, -0.05) is 22.0 Å². The van der Waals surface area contributed by atoms with Gasteiger partial charge in [-0.2, -0.15) is 0 Å². The number of nitrogens with two attached hydrogens (primary N) is 1. The van der Waals surface area contributed by atoms with Gasteiger partial charge in [-0.15, -0.1) is 0 Å². The molecule has 1 aliphatic carbocycles.